The van der Waals surface area contributed by atoms with E-state index in [-0.39, 0.29) is 11.9 Å². The van der Waals surface area contributed by atoms with Gasteiger partial charge >= 0.3 is 0 Å². The number of anilines is 2. The molecule has 5 nitrogen and oxygen atoms in total. The largest absolute Gasteiger partial charge is 0.378 e. The first-order chi connectivity index (χ1) is 14.2. The van der Waals surface area contributed by atoms with Gasteiger partial charge in [-0.25, -0.2) is 0 Å². The van der Waals surface area contributed by atoms with E-state index in [2.05, 4.69) is 40.5 Å². The number of ether oxygens (including phenoxy) is 1. The lowest BCUT2D eigenvalue weighted by molar-refractivity contribution is -0.705. The van der Waals surface area contributed by atoms with Crippen LogP contribution < -0.4 is 14.8 Å². The van der Waals surface area contributed by atoms with Crippen LogP contribution in [-0.4, -0.2) is 32.2 Å². The van der Waals surface area contributed by atoms with E-state index in [9.17, 15) is 4.79 Å². The molecule has 5 heteroatoms. The minimum absolute atomic E-state index is 0.0423. The summed E-state index contributed by atoms with van der Waals surface area (Å²) < 4.78 is 7.35. The summed E-state index contributed by atoms with van der Waals surface area (Å²) in [6.07, 6.45) is 3.94. The van der Waals surface area contributed by atoms with Crippen molar-refractivity contribution in [3.05, 3.63) is 79.1 Å². The van der Waals surface area contributed by atoms with Crippen molar-refractivity contribution in [3.8, 4) is 11.1 Å². The Morgan fingerprint density at radius 2 is 1.66 bits per heavy atom. The molecule has 0 radical (unpaired) electrons. The second-order valence-corrected chi connectivity index (χ2v) is 7.22. The van der Waals surface area contributed by atoms with E-state index >= 15 is 0 Å². The van der Waals surface area contributed by atoms with E-state index < -0.39 is 0 Å². The van der Waals surface area contributed by atoms with Crippen molar-refractivity contribution in [1.29, 1.82) is 0 Å². The molecule has 0 spiro atoms. The Bertz CT molecular complexity index is 951. The van der Waals surface area contributed by atoms with E-state index in [0.717, 1.165) is 48.8 Å². The fourth-order valence-corrected chi connectivity index (χ4v) is 3.49. The van der Waals surface area contributed by atoms with E-state index in [1.165, 1.54) is 0 Å². The molecule has 1 aliphatic heterocycles. The Morgan fingerprint density at radius 1 is 0.966 bits per heavy atom. The maximum Gasteiger partial charge on any atom is 0.293 e. The average molecular weight is 388 g/mol. The third-order valence-corrected chi connectivity index (χ3v) is 5.27. The van der Waals surface area contributed by atoms with Gasteiger partial charge in [0.1, 0.15) is 0 Å². The Morgan fingerprint density at radius 3 is 2.38 bits per heavy atom. The van der Waals surface area contributed by atoms with E-state index in [0.29, 0.717) is 0 Å². The molecule has 1 atom stereocenters. The number of benzene rings is 2. The Labute approximate surface area is 171 Å². The van der Waals surface area contributed by atoms with Gasteiger partial charge in [-0.2, -0.15) is 4.57 Å². The van der Waals surface area contributed by atoms with Crippen LogP contribution in [-0.2, 0) is 9.53 Å². The number of nitrogens with zero attached hydrogens (tertiary/aromatic N) is 2. The van der Waals surface area contributed by atoms with Crippen molar-refractivity contribution in [2.75, 3.05) is 36.5 Å². The van der Waals surface area contributed by atoms with Gasteiger partial charge in [0.15, 0.2) is 12.4 Å². The van der Waals surface area contributed by atoms with Crippen LogP contribution in [0.25, 0.3) is 11.1 Å². The molecule has 29 heavy (non-hydrogen) atoms. The molecule has 1 aromatic heterocycles. The minimum atomic E-state index is -0.322. The summed E-state index contributed by atoms with van der Waals surface area (Å²) >= 11 is 0. The molecular formula is C24H26N3O2+. The van der Waals surface area contributed by atoms with Gasteiger partial charge in [-0.3, -0.25) is 4.79 Å². The summed E-state index contributed by atoms with van der Waals surface area (Å²) in [5, 5.41) is 3.03. The molecule has 3 aromatic rings. The average Bonchev–Trinajstić information content (AvgIpc) is 2.80. The quantitative estimate of drug-likeness (QED) is 0.678. The van der Waals surface area contributed by atoms with Gasteiger partial charge in [0.2, 0.25) is 6.04 Å². The lowest BCUT2D eigenvalue weighted by atomic mass is 10.1. The molecule has 2 aromatic carbocycles. The number of rotatable bonds is 5. The standard InChI is InChI=1S/C24H25N3O2/c1-19(27-13-5-8-21(18-27)20-6-3-2-4-7-20)24(28)25-22-9-11-23(12-10-22)26-14-16-29-17-15-26/h2-13,18-19H,14-17H2,1H3/p+1/t19-/m0/s1. The third kappa shape index (κ3) is 4.63. The summed E-state index contributed by atoms with van der Waals surface area (Å²) in [6.45, 7) is 5.23. The number of hydrogen-bond acceptors (Lipinski definition) is 3. The van der Waals surface area contributed by atoms with Crippen LogP contribution >= 0.6 is 0 Å². The van der Waals surface area contributed by atoms with E-state index in [4.69, 9.17) is 4.74 Å². The lowest BCUT2D eigenvalue weighted by Gasteiger charge is -2.28. The number of carbonyl (C=O) groups excluding carboxylic acids is 1. The zero-order valence-corrected chi connectivity index (χ0v) is 16.6. The molecule has 148 valence electrons. The van der Waals surface area contributed by atoms with Crippen molar-refractivity contribution in [2.24, 2.45) is 0 Å². The highest BCUT2D eigenvalue weighted by Crippen LogP contribution is 2.20. The van der Waals surface area contributed by atoms with Crippen molar-refractivity contribution in [2.45, 2.75) is 13.0 Å². The summed E-state index contributed by atoms with van der Waals surface area (Å²) in [7, 11) is 0. The van der Waals surface area contributed by atoms with Gasteiger partial charge < -0.3 is 15.0 Å². The van der Waals surface area contributed by atoms with Gasteiger partial charge in [-0.1, -0.05) is 30.3 Å². The molecule has 4 rings (SSSR count). The molecule has 1 amide bonds. The maximum atomic E-state index is 12.8. The Kier molecular flexibility index (Phi) is 5.86. The van der Waals surface area contributed by atoms with Crippen molar-refractivity contribution >= 4 is 17.3 Å². The van der Waals surface area contributed by atoms with Gasteiger partial charge in [-0.15, -0.1) is 0 Å². The zero-order chi connectivity index (χ0) is 20.1. The summed E-state index contributed by atoms with van der Waals surface area (Å²) in [4.78, 5) is 15.1. The minimum Gasteiger partial charge on any atom is -0.378 e. The predicted octanol–water partition coefficient (Wildman–Crippen LogP) is 3.68. The number of pyridine rings is 1. The molecule has 1 fully saturated rings. The molecular weight excluding hydrogens is 362 g/mol. The highest BCUT2D eigenvalue weighted by atomic mass is 16.5. The number of amides is 1. The first kappa shape index (κ1) is 19.2. The highest BCUT2D eigenvalue weighted by Gasteiger charge is 2.22. The van der Waals surface area contributed by atoms with Crippen LogP contribution in [0.5, 0.6) is 0 Å². The molecule has 0 aliphatic carbocycles. The van der Waals surface area contributed by atoms with E-state index in [1.54, 1.807) is 0 Å². The number of nitrogens with one attached hydrogen (secondary N) is 1. The summed E-state index contributed by atoms with van der Waals surface area (Å²) in [5.74, 6) is -0.0423. The first-order valence-electron chi connectivity index (χ1n) is 10.0. The predicted molar refractivity (Wildman–Crippen MR) is 115 cm³/mol. The summed E-state index contributed by atoms with van der Waals surface area (Å²) in [5.41, 5.74) is 4.18. The number of aromatic nitrogens is 1. The number of carbonyl (C=O) groups is 1. The molecule has 2 heterocycles. The molecule has 0 bridgehead atoms. The fraction of sp³-hybridized carbons (Fsp3) is 0.250. The summed E-state index contributed by atoms with van der Waals surface area (Å²) in [6, 6.07) is 21.9. The molecule has 1 saturated heterocycles. The SMILES string of the molecule is C[C@@H](C(=O)Nc1ccc(N2CCOCC2)cc1)[n+]1cccc(-c2ccccc2)c1. The molecule has 0 unspecified atom stereocenters. The lowest BCUT2D eigenvalue weighted by Crippen LogP contribution is -2.44. The van der Waals surface area contributed by atoms with Crippen LogP contribution in [0, 0.1) is 0 Å². The molecule has 1 N–H and O–H groups in total. The van der Waals surface area contributed by atoms with Crippen molar-refractivity contribution < 1.29 is 14.1 Å². The van der Waals surface area contributed by atoms with Crippen LogP contribution in [0.4, 0.5) is 11.4 Å². The topological polar surface area (TPSA) is 45.5 Å². The van der Waals surface area contributed by atoms with E-state index in [1.807, 2.05) is 60.3 Å². The smallest absolute Gasteiger partial charge is 0.293 e. The molecule has 0 saturated carbocycles. The normalized spacial score (nSPS) is 15.0. The van der Waals surface area contributed by atoms with Crippen LogP contribution in [0.15, 0.2) is 79.1 Å². The van der Waals surface area contributed by atoms with Crippen LogP contribution in [0.3, 0.4) is 0 Å². The van der Waals surface area contributed by atoms with Crippen LogP contribution in [0.1, 0.15) is 13.0 Å². The van der Waals surface area contributed by atoms with Gasteiger partial charge in [-0.05, 0) is 35.9 Å². The third-order valence-electron chi connectivity index (χ3n) is 5.27. The second kappa shape index (κ2) is 8.88. The maximum absolute atomic E-state index is 12.8. The Balaban J connectivity index is 1.43. The fourth-order valence-electron chi connectivity index (χ4n) is 3.49. The monoisotopic (exact) mass is 388 g/mol. The second-order valence-electron chi connectivity index (χ2n) is 7.22. The molecule has 1 aliphatic rings. The highest BCUT2D eigenvalue weighted by molar-refractivity contribution is 5.92. The Hall–Kier alpha value is -3.18. The van der Waals surface area contributed by atoms with Gasteiger partial charge in [0.25, 0.3) is 5.91 Å². The van der Waals surface area contributed by atoms with Crippen molar-refractivity contribution in [1.82, 2.24) is 0 Å². The zero-order valence-electron chi connectivity index (χ0n) is 16.6. The first-order valence-corrected chi connectivity index (χ1v) is 10.0. The van der Waals surface area contributed by atoms with Crippen LogP contribution in [0.2, 0.25) is 0 Å². The van der Waals surface area contributed by atoms with Gasteiger partial charge in [0, 0.05) is 43.0 Å². The number of morpholine rings is 1. The van der Waals surface area contributed by atoms with Crippen molar-refractivity contribution in [3.63, 3.8) is 0 Å². The van der Waals surface area contributed by atoms with Gasteiger partial charge in [0.05, 0.1) is 13.2 Å². The number of hydrogen-bond donors (Lipinski definition) is 1.